The van der Waals surface area contributed by atoms with Crippen LogP contribution in [0.1, 0.15) is 50.2 Å². The van der Waals surface area contributed by atoms with Gasteiger partial charge in [-0.05, 0) is 49.4 Å². The van der Waals surface area contributed by atoms with Crippen molar-refractivity contribution in [3.63, 3.8) is 0 Å². The van der Waals surface area contributed by atoms with Gasteiger partial charge < -0.3 is 10.1 Å². The number of hydrogen-bond acceptors (Lipinski definition) is 3. The van der Waals surface area contributed by atoms with Crippen LogP contribution in [0, 0.1) is 23.2 Å². The summed E-state index contributed by atoms with van der Waals surface area (Å²) in [7, 11) is 1.68. The van der Waals surface area contributed by atoms with E-state index in [-0.39, 0.29) is 0 Å². The lowest BCUT2D eigenvalue weighted by atomic mass is 9.81. The summed E-state index contributed by atoms with van der Waals surface area (Å²) in [6, 6.07) is 7.78. The summed E-state index contributed by atoms with van der Waals surface area (Å²) in [5.41, 5.74) is 1.76. The van der Waals surface area contributed by atoms with Crippen LogP contribution < -0.4 is 10.1 Å². The monoisotopic (exact) mass is 286 g/mol. The lowest BCUT2D eigenvalue weighted by Crippen LogP contribution is -2.26. The van der Waals surface area contributed by atoms with E-state index in [1.807, 2.05) is 12.1 Å². The van der Waals surface area contributed by atoms with Crippen molar-refractivity contribution in [3.8, 4) is 11.8 Å². The first-order valence-corrected chi connectivity index (χ1v) is 8.04. The van der Waals surface area contributed by atoms with Crippen molar-refractivity contribution < 1.29 is 4.74 Å². The quantitative estimate of drug-likeness (QED) is 0.863. The van der Waals surface area contributed by atoms with Crippen LogP contribution >= 0.6 is 0 Å². The van der Waals surface area contributed by atoms with Crippen molar-refractivity contribution in [3.05, 3.63) is 29.3 Å². The Bertz CT molecular complexity index is 484. The highest BCUT2D eigenvalue weighted by Crippen LogP contribution is 2.30. The number of methoxy groups -OCH3 is 1. The first-order chi connectivity index (χ1) is 10.3. The van der Waals surface area contributed by atoms with Crippen LogP contribution in [0.15, 0.2) is 18.2 Å². The van der Waals surface area contributed by atoms with Gasteiger partial charge in [0.1, 0.15) is 5.75 Å². The second-order valence-corrected chi connectivity index (χ2v) is 6.06. The number of ether oxygens (including phenoxy) is 1. The van der Waals surface area contributed by atoms with Crippen LogP contribution in [0.25, 0.3) is 0 Å². The molecular formula is C18H26N2O. The predicted molar refractivity (Wildman–Crippen MR) is 85.2 cm³/mol. The molecule has 3 heteroatoms. The molecule has 0 aliphatic heterocycles. The Labute approximate surface area is 128 Å². The first kappa shape index (κ1) is 15.9. The molecule has 0 heterocycles. The summed E-state index contributed by atoms with van der Waals surface area (Å²) in [6.07, 6.45) is 6.80. The molecule has 0 saturated heterocycles. The van der Waals surface area contributed by atoms with Gasteiger partial charge in [0.2, 0.25) is 0 Å². The van der Waals surface area contributed by atoms with E-state index in [2.05, 4.69) is 18.3 Å². The van der Waals surface area contributed by atoms with Gasteiger partial charge in [-0.15, -0.1) is 0 Å². The van der Waals surface area contributed by atoms with E-state index in [1.54, 1.807) is 13.2 Å². The number of rotatable bonds is 6. The zero-order chi connectivity index (χ0) is 15.1. The topological polar surface area (TPSA) is 45.0 Å². The van der Waals surface area contributed by atoms with Crippen LogP contribution in [0.5, 0.6) is 5.75 Å². The maximum atomic E-state index is 8.99. The fraction of sp³-hybridized carbons (Fsp3) is 0.611. The molecule has 21 heavy (non-hydrogen) atoms. The Balaban J connectivity index is 1.82. The van der Waals surface area contributed by atoms with Gasteiger partial charge in [0, 0.05) is 12.1 Å². The minimum Gasteiger partial charge on any atom is -0.496 e. The first-order valence-electron chi connectivity index (χ1n) is 8.04. The molecule has 2 rings (SSSR count). The molecular weight excluding hydrogens is 260 g/mol. The van der Waals surface area contributed by atoms with Gasteiger partial charge >= 0.3 is 0 Å². The summed E-state index contributed by atoms with van der Waals surface area (Å²) < 4.78 is 5.37. The van der Waals surface area contributed by atoms with E-state index in [4.69, 9.17) is 10.00 Å². The van der Waals surface area contributed by atoms with Gasteiger partial charge in [0.15, 0.2) is 0 Å². The molecule has 0 unspecified atom stereocenters. The van der Waals surface area contributed by atoms with E-state index in [9.17, 15) is 0 Å². The molecule has 1 aliphatic rings. The average Bonchev–Trinajstić information content (AvgIpc) is 2.55. The van der Waals surface area contributed by atoms with Crippen LogP contribution in [0.2, 0.25) is 0 Å². The molecule has 0 radical (unpaired) electrons. The third kappa shape index (κ3) is 4.47. The number of hydrogen-bond donors (Lipinski definition) is 1. The molecule has 0 spiro atoms. The average molecular weight is 286 g/mol. The number of nitrogens with one attached hydrogen (secondary N) is 1. The van der Waals surface area contributed by atoms with Gasteiger partial charge in [-0.1, -0.05) is 26.2 Å². The zero-order valence-electron chi connectivity index (χ0n) is 13.2. The molecule has 1 aromatic carbocycles. The smallest absolute Gasteiger partial charge is 0.123 e. The van der Waals surface area contributed by atoms with E-state index in [0.29, 0.717) is 5.56 Å². The Morgan fingerprint density at radius 3 is 2.57 bits per heavy atom. The van der Waals surface area contributed by atoms with Crippen LogP contribution in [0.4, 0.5) is 0 Å². The van der Waals surface area contributed by atoms with Crippen molar-refractivity contribution >= 4 is 0 Å². The highest BCUT2D eigenvalue weighted by Gasteiger charge is 2.19. The minimum absolute atomic E-state index is 0.691. The number of nitriles is 1. The lowest BCUT2D eigenvalue weighted by Gasteiger charge is -2.28. The predicted octanol–water partition coefficient (Wildman–Crippen LogP) is 3.87. The maximum absolute atomic E-state index is 8.99. The third-order valence-corrected chi connectivity index (χ3v) is 4.70. The van der Waals surface area contributed by atoms with Crippen LogP contribution in [0.3, 0.4) is 0 Å². The van der Waals surface area contributed by atoms with Crippen LogP contribution in [-0.2, 0) is 6.54 Å². The summed E-state index contributed by atoms with van der Waals surface area (Å²) in [5.74, 6) is 2.61. The Kier molecular flexibility index (Phi) is 6.07. The minimum atomic E-state index is 0.691. The second-order valence-electron chi connectivity index (χ2n) is 6.06. The Hall–Kier alpha value is -1.53. The fourth-order valence-corrected chi connectivity index (χ4v) is 3.24. The molecule has 1 aliphatic carbocycles. The summed E-state index contributed by atoms with van der Waals surface area (Å²) >= 11 is 0. The second kappa shape index (κ2) is 8.05. The summed E-state index contributed by atoms with van der Waals surface area (Å²) in [5, 5.41) is 12.5. The molecule has 0 aromatic heterocycles. The van der Waals surface area contributed by atoms with Gasteiger partial charge in [0.25, 0.3) is 0 Å². The molecule has 1 aromatic rings. The van der Waals surface area contributed by atoms with Gasteiger partial charge in [-0.2, -0.15) is 5.26 Å². The lowest BCUT2D eigenvalue weighted by molar-refractivity contribution is 0.262. The highest BCUT2D eigenvalue weighted by atomic mass is 16.5. The zero-order valence-corrected chi connectivity index (χ0v) is 13.2. The Morgan fingerprint density at radius 2 is 1.95 bits per heavy atom. The van der Waals surface area contributed by atoms with Gasteiger partial charge in [-0.25, -0.2) is 0 Å². The molecule has 1 saturated carbocycles. The van der Waals surface area contributed by atoms with Crippen molar-refractivity contribution in [1.29, 1.82) is 5.26 Å². The normalized spacial score (nSPS) is 21.8. The SMILES string of the molecule is CCC1CCC(CNCc2cc(C#N)ccc2OC)CC1. The molecule has 0 atom stereocenters. The van der Waals surface area contributed by atoms with Crippen molar-refractivity contribution in [1.82, 2.24) is 5.32 Å². The summed E-state index contributed by atoms with van der Waals surface area (Å²) in [4.78, 5) is 0. The molecule has 3 nitrogen and oxygen atoms in total. The Morgan fingerprint density at radius 1 is 1.24 bits per heavy atom. The molecule has 0 bridgehead atoms. The summed E-state index contributed by atoms with van der Waals surface area (Å²) in [6.45, 7) is 4.14. The van der Waals surface area contributed by atoms with E-state index >= 15 is 0 Å². The van der Waals surface area contributed by atoms with Crippen molar-refractivity contribution in [2.24, 2.45) is 11.8 Å². The standard InChI is InChI=1S/C18H26N2O/c1-3-14-4-6-15(7-5-14)12-20-13-17-10-16(11-19)8-9-18(17)21-2/h8-10,14-15,20H,3-7,12-13H2,1-2H3. The van der Waals surface area contributed by atoms with Crippen molar-refractivity contribution in [2.75, 3.05) is 13.7 Å². The third-order valence-electron chi connectivity index (χ3n) is 4.70. The fourth-order valence-electron chi connectivity index (χ4n) is 3.24. The van der Waals surface area contributed by atoms with Gasteiger partial charge in [0.05, 0.1) is 18.7 Å². The van der Waals surface area contributed by atoms with E-state index in [1.165, 1.54) is 32.1 Å². The highest BCUT2D eigenvalue weighted by molar-refractivity contribution is 5.41. The molecule has 0 amide bonds. The molecule has 1 N–H and O–H groups in total. The van der Waals surface area contributed by atoms with E-state index < -0.39 is 0 Å². The number of benzene rings is 1. The molecule has 1 fully saturated rings. The molecule has 114 valence electrons. The maximum Gasteiger partial charge on any atom is 0.123 e. The van der Waals surface area contributed by atoms with Crippen LogP contribution in [-0.4, -0.2) is 13.7 Å². The number of nitrogens with zero attached hydrogens (tertiary/aromatic N) is 1. The van der Waals surface area contributed by atoms with Gasteiger partial charge in [-0.3, -0.25) is 0 Å². The van der Waals surface area contributed by atoms with E-state index in [0.717, 1.165) is 36.2 Å². The van der Waals surface area contributed by atoms with Crippen molar-refractivity contribution in [2.45, 2.75) is 45.6 Å². The largest absolute Gasteiger partial charge is 0.496 e.